The highest BCUT2D eigenvalue weighted by Crippen LogP contribution is 2.27. The van der Waals surface area contributed by atoms with Gasteiger partial charge in [0, 0.05) is 10.0 Å². The maximum atomic E-state index is 5.42. The Bertz CT molecular complexity index is 450. The van der Waals surface area contributed by atoms with E-state index < -0.39 is 0 Å². The van der Waals surface area contributed by atoms with Crippen LogP contribution in [0.5, 0.6) is 0 Å². The molecule has 3 heteroatoms. The van der Waals surface area contributed by atoms with Crippen LogP contribution in [0, 0.1) is 0 Å². The second kappa shape index (κ2) is 4.64. The molecule has 1 aromatic heterocycles. The first kappa shape index (κ1) is 10.5. The van der Waals surface area contributed by atoms with E-state index in [0.29, 0.717) is 0 Å². The maximum absolute atomic E-state index is 5.42. The Morgan fingerprint density at radius 3 is 2.93 bits per heavy atom. The zero-order valence-electron chi connectivity index (χ0n) is 8.46. The van der Waals surface area contributed by atoms with Crippen LogP contribution in [0.1, 0.15) is 5.76 Å². The van der Waals surface area contributed by atoms with E-state index in [-0.39, 0.29) is 0 Å². The van der Waals surface area contributed by atoms with Gasteiger partial charge in [0.1, 0.15) is 5.76 Å². The summed E-state index contributed by atoms with van der Waals surface area (Å²) < 4.78 is 6.50. The summed E-state index contributed by atoms with van der Waals surface area (Å²) in [4.78, 5) is 0. The minimum Gasteiger partial charge on any atom is -0.467 e. The standard InChI is InChI=1S/C12H12BrNO/c1-14-8-12-11(5-6-15-12)9-3-2-4-10(13)7-9/h2-7,14H,8H2,1H3. The van der Waals surface area contributed by atoms with Crippen LogP contribution in [0.3, 0.4) is 0 Å². The van der Waals surface area contributed by atoms with Gasteiger partial charge >= 0.3 is 0 Å². The van der Waals surface area contributed by atoms with Crippen LogP contribution in [0.2, 0.25) is 0 Å². The van der Waals surface area contributed by atoms with Crippen LogP contribution < -0.4 is 5.32 Å². The van der Waals surface area contributed by atoms with Gasteiger partial charge in [-0.3, -0.25) is 0 Å². The molecular formula is C12H12BrNO. The SMILES string of the molecule is CNCc1occc1-c1cccc(Br)c1. The van der Waals surface area contributed by atoms with Crippen LogP contribution in [0.15, 0.2) is 45.5 Å². The fourth-order valence-electron chi connectivity index (χ4n) is 1.55. The van der Waals surface area contributed by atoms with Gasteiger partial charge in [0.15, 0.2) is 0 Å². The molecule has 0 radical (unpaired) electrons. The van der Waals surface area contributed by atoms with E-state index in [9.17, 15) is 0 Å². The van der Waals surface area contributed by atoms with E-state index in [1.54, 1.807) is 6.26 Å². The molecule has 78 valence electrons. The lowest BCUT2D eigenvalue weighted by Crippen LogP contribution is -2.04. The third kappa shape index (κ3) is 2.30. The molecule has 0 fully saturated rings. The van der Waals surface area contributed by atoms with Gasteiger partial charge in [0.2, 0.25) is 0 Å². The first-order valence-electron chi connectivity index (χ1n) is 4.78. The largest absolute Gasteiger partial charge is 0.467 e. The van der Waals surface area contributed by atoms with Gasteiger partial charge in [-0.05, 0) is 30.8 Å². The van der Waals surface area contributed by atoms with Crippen molar-refractivity contribution < 1.29 is 4.42 Å². The van der Waals surface area contributed by atoms with Gasteiger partial charge in [-0.15, -0.1) is 0 Å². The number of furan rings is 1. The summed E-state index contributed by atoms with van der Waals surface area (Å²) in [6.45, 7) is 0.745. The zero-order valence-corrected chi connectivity index (χ0v) is 10.0. The molecule has 2 nitrogen and oxygen atoms in total. The predicted octanol–water partition coefficient (Wildman–Crippen LogP) is 3.43. The highest BCUT2D eigenvalue weighted by molar-refractivity contribution is 9.10. The molecule has 15 heavy (non-hydrogen) atoms. The summed E-state index contributed by atoms with van der Waals surface area (Å²) in [6, 6.07) is 10.2. The number of halogens is 1. The van der Waals surface area contributed by atoms with Gasteiger partial charge in [0.05, 0.1) is 12.8 Å². The third-order valence-electron chi connectivity index (χ3n) is 2.22. The first-order valence-corrected chi connectivity index (χ1v) is 5.57. The molecule has 1 aromatic carbocycles. The third-order valence-corrected chi connectivity index (χ3v) is 2.71. The Balaban J connectivity index is 2.40. The maximum Gasteiger partial charge on any atom is 0.125 e. The molecule has 0 unspecified atom stereocenters. The molecule has 0 saturated carbocycles. The summed E-state index contributed by atoms with van der Waals surface area (Å²) >= 11 is 3.47. The Morgan fingerprint density at radius 1 is 1.33 bits per heavy atom. The fraction of sp³-hybridized carbons (Fsp3) is 0.167. The van der Waals surface area contributed by atoms with Crippen molar-refractivity contribution in [2.45, 2.75) is 6.54 Å². The zero-order chi connectivity index (χ0) is 10.7. The van der Waals surface area contributed by atoms with Crippen LogP contribution in [0.25, 0.3) is 11.1 Å². The smallest absolute Gasteiger partial charge is 0.125 e. The normalized spacial score (nSPS) is 10.5. The van der Waals surface area contributed by atoms with Crippen molar-refractivity contribution in [1.29, 1.82) is 0 Å². The van der Waals surface area contributed by atoms with Crippen molar-refractivity contribution in [3.05, 3.63) is 46.8 Å². The van der Waals surface area contributed by atoms with Gasteiger partial charge in [-0.25, -0.2) is 0 Å². The molecule has 0 aliphatic heterocycles. The number of hydrogen-bond acceptors (Lipinski definition) is 2. The summed E-state index contributed by atoms with van der Waals surface area (Å²) in [5.74, 6) is 0.968. The van der Waals surface area contributed by atoms with E-state index in [2.05, 4.69) is 33.4 Å². The first-order chi connectivity index (χ1) is 7.31. The van der Waals surface area contributed by atoms with Gasteiger partial charge in [-0.2, -0.15) is 0 Å². The summed E-state index contributed by atoms with van der Waals surface area (Å²) in [6.07, 6.45) is 1.73. The Morgan fingerprint density at radius 2 is 2.20 bits per heavy atom. The highest BCUT2D eigenvalue weighted by Gasteiger charge is 2.07. The second-order valence-electron chi connectivity index (χ2n) is 3.30. The summed E-state index contributed by atoms with van der Waals surface area (Å²) in [7, 11) is 1.91. The van der Waals surface area contributed by atoms with Gasteiger partial charge in [-0.1, -0.05) is 28.1 Å². The minimum absolute atomic E-state index is 0.745. The predicted molar refractivity (Wildman–Crippen MR) is 64.6 cm³/mol. The van der Waals surface area contributed by atoms with E-state index in [0.717, 1.165) is 22.3 Å². The molecule has 0 atom stereocenters. The molecule has 2 rings (SSSR count). The van der Waals surface area contributed by atoms with E-state index in [1.807, 2.05) is 25.2 Å². The number of hydrogen-bond donors (Lipinski definition) is 1. The molecule has 2 aromatic rings. The lowest BCUT2D eigenvalue weighted by Gasteiger charge is -2.02. The number of nitrogens with one attached hydrogen (secondary N) is 1. The molecule has 0 spiro atoms. The average Bonchev–Trinajstić information content (AvgIpc) is 2.66. The molecule has 1 heterocycles. The van der Waals surface area contributed by atoms with Crippen LogP contribution in [-0.4, -0.2) is 7.05 Å². The Kier molecular flexibility index (Phi) is 3.23. The Hall–Kier alpha value is -1.06. The van der Waals surface area contributed by atoms with E-state index in [4.69, 9.17) is 4.42 Å². The van der Waals surface area contributed by atoms with E-state index >= 15 is 0 Å². The fourth-order valence-corrected chi connectivity index (χ4v) is 1.95. The topological polar surface area (TPSA) is 25.2 Å². The number of rotatable bonds is 3. The van der Waals surface area contributed by atoms with Gasteiger partial charge < -0.3 is 9.73 Å². The summed E-state index contributed by atoms with van der Waals surface area (Å²) in [5, 5.41) is 3.09. The molecule has 0 amide bonds. The average molecular weight is 266 g/mol. The molecule has 1 N–H and O–H groups in total. The molecule has 0 aliphatic rings. The van der Waals surface area contributed by atoms with Crippen molar-refractivity contribution in [1.82, 2.24) is 5.32 Å². The van der Waals surface area contributed by atoms with Crippen molar-refractivity contribution in [3.8, 4) is 11.1 Å². The lowest BCUT2D eigenvalue weighted by atomic mass is 10.1. The monoisotopic (exact) mass is 265 g/mol. The van der Waals surface area contributed by atoms with Crippen LogP contribution >= 0.6 is 15.9 Å². The van der Waals surface area contributed by atoms with E-state index in [1.165, 1.54) is 5.56 Å². The molecule has 0 bridgehead atoms. The highest BCUT2D eigenvalue weighted by atomic mass is 79.9. The minimum atomic E-state index is 0.745. The number of benzene rings is 1. The van der Waals surface area contributed by atoms with Crippen molar-refractivity contribution in [2.75, 3.05) is 7.05 Å². The Labute approximate surface area is 97.4 Å². The van der Waals surface area contributed by atoms with Gasteiger partial charge in [0.25, 0.3) is 0 Å². The van der Waals surface area contributed by atoms with Crippen molar-refractivity contribution in [2.24, 2.45) is 0 Å². The summed E-state index contributed by atoms with van der Waals surface area (Å²) in [5.41, 5.74) is 2.31. The molecule has 0 aliphatic carbocycles. The molecular weight excluding hydrogens is 254 g/mol. The second-order valence-corrected chi connectivity index (χ2v) is 4.21. The van der Waals surface area contributed by atoms with Crippen molar-refractivity contribution >= 4 is 15.9 Å². The van der Waals surface area contributed by atoms with Crippen molar-refractivity contribution in [3.63, 3.8) is 0 Å². The van der Waals surface area contributed by atoms with Crippen LogP contribution in [-0.2, 0) is 6.54 Å². The van der Waals surface area contributed by atoms with Crippen LogP contribution in [0.4, 0.5) is 0 Å². The lowest BCUT2D eigenvalue weighted by molar-refractivity contribution is 0.497. The quantitative estimate of drug-likeness (QED) is 0.920. The molecule has 0 saturated heterocycles.